The van der Waals surface area contributed by atoms with Crippen molar-refractivity contribution >= 4 is 34.5 Å². The van der Waals surface area contributed by atoms with Crippen molar-refractivity contribution in [2.75, 3.05) is 7.11 Å². The Labute approximate surface area is 140 Å². The van der Waals surface area contributed by atoms with Crippen LogP contribution in [0.3, 0.4) is 0 Å². The smallest absolute Gasteiger partial charge is 0.333 e. The molecule has 22 heavy (non-hydrogen) atoms. The molecule has 0 aromatic heterocycles. The molecule has 0 spiro atoms. The average molecular weight is 413 g/mol. The average Bonchev–Trinajstić information content (AvgIpc) is 2.52. The minimum atomic E-state index is -0.917. The lowest BCUT2D eigenvalue weighted by Crippen LogP contribution is -2.34. The van der Waals surface area contributed by atoms with E-state index < -0.39 is 23.7 Å². The van der Waals surface area contributed by atoms with Crippen LogP contribution in [0.2, 0.25) is 0 Å². The normalized spacial score (nSPS) is 11.6. The maximum atomic E-state index is 13.1. The molecule has 6 heteroatoms. The third-order valence-electron chi connectivity index (χ3n) is 3.02. The van der Waals surface area contributed by atoms with Crippen molar-refractivity contribution in [1.82, 2.24) is 5.32 Å². The summed E-state index contributed by atoms with van der Waals surface area (Å²) in [6, 6.07) is 11.7. The predicted molar refractivity (Wildman–Crippen MR) is 87.8 cm³/mol. The molecule has 1 N–H and O–H groups in total. The second-order valence-corrected chi connectivity index (χ2v) is 5.63. The number of carbonyl (C=O) groups excluding carboxylic acids is 2. The Bertz CT molecular complexity index is 691. The van der Waals surface area contributed by atoms with E-state index in [0.717, 1.165) is 0 Å². The van der Waals surface area contributed by atoms with Gasteiger partial charge >= 0.3 is 5.97 Å². The molecule has 2 rings (SSSR count). The molecular weight excluding hydrogens is 400 g/mol. The zero-order valence-corrected chi connectivity index (χ0v) is 13.8. The van der Waals surface area contributed by atoms with E-state index in [1.807, 2.05) is 28.7 Å². The van der Waals surface area contributed by atoms with Crippen LogP contribution in [0.5, 0.6) is 0 Å². The van der Waals surface area contributed by atoms with E-state index in [1.54, 1.807) is 24.3 Å². The standard InChI is InChI=1S/C16H13FINO3/c1-22-16(21)14(10-5-3-2-4-6-10)19-15(20)12-8-7-11(17)9-13(12)18/h2-9,14H,1H3,(H,19,20). The van der Waals surface area contributed by atoms with Crippen LogP contribution < -0.4 is 5.32 Å². The number of carbonyl (C=O) groups is 2. The summed E-state index contributed by atoms with van der Waals surface area (Å²) in [6.45, 7) is 0. The van der Waals surface area contributed by atoms with Crippen LogP contribution in [0.25, 0.3) is 0 Å². The first kappa shape index (κ1) is 16.4. The summed E-state index contributed by atoms with van der Waals surface area (Å²) in [4.78, 5) is 24.3. The summed E-state index contributed by atoms with van der Waals surface area (Å²) in [5, 5.41) is 2.62. The number of nitrogens with one attached hydrogen (secondary N) is 1. The SMILES string of the molecule is COC(=O)C(NC(=O)c1ccc(F)cc1I)c1ccccc1. The summed E-state index contributed by atoms with van der Waals surface area (Å²) >= 11 is 1.87. The fourth-order valence-corrected chi connectivity index (χ4v) is 2.65. The van der Waals surface area contributed by atoms with Crippen molar-refractivity contribution in [3.63, 3.8) is 0 Å². The molecule has 2 aromatic rings. The highest BCUT2D eigenvalue weighted by atomic mass is 127. The molecule has 0 aliphatic rings. The van der Waals surface area contributed by atoms with E-state index in [0.29, 0.717) is 14.7 Å². The van der Waals surface area contributed by atoms with E-state index in [-0.39, 0.29) is 0 Å². The molecule has 0 saturated heterocycles. The first-order valence-electron chi connectivity index (χ1n) is 6.41. The van der Waals surface area contributed by atoms with E-state index in [2.05, 4.69) is 5.32 Å². The predicted octanol–water partition coefficient (Wildman–Crippen LogP) is 3.07. The number of rotatable bonds is 4. The first-order valence-corrected chi connectivity index (χ1v) is 7.49. The lowest BCUT2D eigenvalue weighted by atomic mass is 10.1. The second-order valence-electron chi connectivity index (χ2n) is 4.46. The number of halogens is 2. The Morgan fingerprint density at radius 1 is 1.18 bits per heavy atom. The number of esters is 1. The number of hydrogen-bond donors (Lipinski definition) is 1. The van der Waals surface area contributed by atoms with Crippen molar-refractivity contribution in [3.05, 3.63) is 69.0 Å². The monoisotopic (exact) mass is 413 g/mol. The summed E-state index contributed by atoms with van der Waals surface area (Å²) < 4.78 is 18.3. The molecule has 0 aliphatic heterocycles. The molecule has 0 saturated carbocycles. The van der Waals surface area contributed by atoms with Crippen molar-refractivity contribution < 1.29 is 18.7 Å². The number of amides is 1. The van der Waals surface area contributed by atoms with Gasteiger partial charge < -0.3 is 10.1 Å². The Kier molecular flexibility index (Phi) is 5.48. The van der Waals surface area contributed by atoms with Gasteiger partial charge in [-0.15, -0.1) is 0 Å². The van der Waals surface area contributed by atoms with Gasteiger partial charge in [-0.3, -0.25) is 4.79 Å². The van der Waals surface area contributed by atoms with Gasteiger partial charge in [0.15, 0.2) is 6.04 Å². The van der Waals surface area contributed by atoms with Crippen LogP contribution in [0, 0.1) is 9.39 Å². The number of hydrogen-bond acceptors (Lipinski definition) is 3. The highest BCUT2D eigenvalue weighted by Gasteiger charge is 2.24. The molecule has 114 valence electrons. The molecule has 1 amide bonds. The van der Waals surface area contributed by atoms with Crippen molar-refractivity contribution in [3.8, 4) is 0 Å². The van der Waals surface area contributed by atoms with Gasteiger partial charge in [-0.2, -0.15) is 0 Å². The van der Waals surface area contributed by atoms with Gasteiger partial charge in [0, 0.05) is 3.57 Å². The molecule has 1 atom stereocenters. The highest BCUT2D eigenvalue weighted by Crippen LogP contribution is 2.18. The van der Waals surface area contributed by atoms with Gasteiger partial charge in [-0.25, -0.2) is 9.18 Å². The fraction of sp³-hybridized carbons (Fsp3) is 0.125. The van der Waals surface area contributed by atoms with Gasteiger partial charge in [-0.05, 0) is 46.4 Å². The minimum absolute atomic E-state index is 0.298. The third kappa shape index (κ3) is 3.82. The lowest BCUT2D eigenvalue weighted by molar-refractivity contribution is -0.143. The van der Waals surface area contributed by atoms with Gasteiger partial charge in [0.2, 0.25) is 0 Å². The van der Waals surface area contributed by atoms with E-state index in [9.17, 15) is 14.0 Å². The third-order valence-corrected chi connectivity index (χ3v) is 3.91. The molecule has 2 aromatic carbocycles. The number of ether oxygens (including phenoxy) is 1. The van der Waals surface area contributed by atoms with Gasteiger partial charge in [0.05, 0.1) is 12.7 Å². The van der Waals surface area contributed by atoms with Gasteiger partial charge in [-0.1, -0.05) is 30.3 Å². The first-order chi connectivity index (χ1) is 10.5. The second kappa shape index (κ2) is 7.35. The van der Waals surface area contributed by atoms with Crippen molar-refractivity contribution in [1.29, 1.82) is 0 Å². The summed E-state index contributed by atoms with van der Waals surface area (Å²) in [5.74, 6) is -1.46. The molecule has 4 nitrogen and oxygen atoms in total. The molecule has 0 aliphatic carbocycles. The quantitative estimate of drug-likeness (QED) is 0.620. The zero-order valence-electron chi connectivity index (χ0n) is 11.7. The van der Waals surface area contributed by atoms with Crippen LogP contribution in [-0.2, 0) is 9.53 Å². The maximum Gasteiger partial charge on any atom is 0.333 e. The summed E-state index contributed by atoms with van der Waals surface area (Å²) in [5.41, 5.74) is 0.909. The highest BCUT2D eigenvalue weighted by molar-refractivity contribution is 14.1. The Morgan fingerprint density at radius 3 is 2.45 bits per heavy atom. The van der Waals surface area contributed by atoms with Crippen LogP contribution in [0.1, 0.15) is 22.0 Å². The molecule has 0 radical (unpaired) electrons. The Morgan fingerprint density at radius 2 is 1.86 bits per heavy atom. The molecule has 0 fully saturated rings. The number of methoxy groups -OCH3 is 1. The summed E-state index contributed by atoms with van der Waals surface area (Å²) in [7, 11) is 1.26. The van der Waals surface area contributed by atoms with Crippen LogP contribution in [0.4, 0.5) is 4.39 Å². The van der Waals surface area contributed by atoms with Crippen LogP contribution >= 0.6 is 22.6 Å². The van der Waals surface area contributed by atoms with Gasteiger partial charge in [0.25, 0.3) is 5.91 Å². The van der Waals surface area contributed by atoms with Crippen LogP contribution in [0.15, 0.2) is 48.5 Å². The Balaban J connectivity index is 2.27. The van der Waals surface area contributed by atoms with Gasteiger partial charge in [0.1, 0.15) is 5.82 Å². The van der Waals surface area contributed by atoms with Crippen molar-refractivity contribution in [2.24, 2.45) is 0 Å². The maximum absolute atomic E-state index is 13.1. The molecule has 1 unspecified atom stereocenters. The molecule has 0 bridgehead atoms. The fourth-order valence-electron chi connectivity index (χ4n) is 1.92. The topological polar surface area (TPSA) is 55.4 Å². The number of benzene rings is 2. The van der Waals surface area contributed by atoms with E-state index >= 15 is 0 Å². The van der Waals surface area contributed by atoms with E-state index in [1.165, 1.54) is 25.3 Å². The largest absolute Gasteiger partial charge is 0.467 e. The van der Waals surface area contributed by atoms with Crippen molar-refractivity contribution in [2.45, 2.75) is 6.04 Å². The minimum Gasteiger partial charge on any atom is -0.467 e. The summed E-state index contributed by atoms with van der Waals surface area (Å²) in [6.07, 6.45) is 0. The molecular formula is C16H13FINO3. The van der Waals surface area contributed by atoms with E-state index in [4.69, 9.17) is 4.74 Å². The Hall–Kier alpha value is -1.96. The zero-order chi connectivity index (χ0) is 16.1. The molecule has 0 heterocycles. The van der Waals surface area contributed by atoms with Crippen LogP contribution in [-0.4, -0.2) is 19.0 Å². The lowest BCUT2D eigenvalue weighted by Gasteiger charge is -2.17.